The SMILES string of the molecule is C[C@@H](NC(=O)[C@@H](C)NC(=O)c1cc([N+](=O)[O-])cc([N+](=O)[O-])c1)C(=O)O. The zero-order valence-corrected chi connectivity index (χ0v) is 13.1. The van der Waals surface area contributed by atoms with Gasteiger partial charge in [0.15, 0.2) is 0 Å². The number of carboxylic acids is 1. The Balaban J connectivity index is 2.96. The van der Waals surface area contributed by atoms with Gasteiger partial charge in [-0.1, -0.05) is 0 Å². The second kappa shape index (κ2) is 7.81. The van der Waals surface area contributed by atoms with Gasteiger partial charge in [-0.25, -0.2) is 0 Å². The number of nitrogens with one attached hydrogen (secondary N) is 2. The molecule has 0 spiro atoms. The Bertz CT molecular complexity index is 715. The summed E-state index contributed by atoms with van der Waals surface area (Å²) in [5.41, 5.74) is -1.70. The second-order valence-corrected chi connectivity index (χ2v) is 5.02. The smallest absolute Gasteiger partial charge is 0.325 e. The summed E-state index contributed by atoms with van der Waals surface area (Å²) < 4.78 is 0. The van der Waals surface area contributed by atoms with Crippen molar-refractivity contribution in [2.24, 2.45) is 0 Å². The average molecular weight is 354 g/mol. The average Bonchev–Trinajstić information content (AvgIpc) is 2.53. The van der Waals surface area contributed by atoms with Crippen LogP contribution in [0.5, 0.6) is 0 Å². The predicted octanol–water partition coefficient (Wildman–Crippen LogP) is 0.211. The molecule has 0 aromatic heterocycles. The van der Waals surface area contributed by atoms with E-state index in [9.17, 15) is 34.6 Å². The van der Waals surface area contributed by atoms with Crippen LogP contribution < -0.4 is 10.6 Å². The molecule has 0 aliphatic carbocycles. The van der Waals surface area contributed by atoms with E-state index in [0.29, 0.717) is 6.07 Å². The third-order valence-corrected chi connectivity index (χ3v) is 3.06. The predicted molar refractivity (Wildman–Crippen MR) is 81.9 cm³/mol. The van der Waals surface area contributed by atoms with Gasteiger partial charge in [-0.05, 0) is 13.8 Å². The molecular weight excluding hydrogens is 340 g/mol. The zero-order valence-electron chi connectivity index (χ0n) is 13.1. The molecule has 0 unspecified atom stereocenters. The number of non-ortho nitro benzene ring substituents is 2. The van der Waals surface area contributed by atoms with Crippen LogP contribution in [0.3, 0.4) is 0 Å². The van der Waals surface area contributed by atoms with Crippen molar-refractivity contribution in [2.45, 2.75) is 25.9 Å². The molecule has 1 rings (SSSR count). The van der Waals surface area contributed by atoms with Crippen molar-refractivity contribution in [3.05, 3.63) is 44.0 Å². The van der Waals surface area contributed by atoms with Crippen molar-refractivity contribution >= 4 is 29.2 Å². The van der Waals surface area contributed by atoms with Gasteiger partial charge >= 0.3 is 5.97 Å². The quantitative estimate of drug-likeness (QED) is 0.458. The fourth-order valence-electron chi connectivity index (χ4n) is 1.68. The van der Waals surface area contributed by atoms with E-state index in [4.69, 9.17) is 5.11 Å². The molecule has 1 aromatic carbocycles. The van der Waals surface area contributed by atoms with Crippen molar-refractivity contribution in [2.75, 3.05) is 0 Å². The number of carboxylic acid groups (broad SMARTS) is 1. The van der Waals surface area contributed by atoms with Gasteiger partial charge < -0.3 is 15.7 Å². The minimum Gasteiger partial charge on any atom is -0.480 e. The van der Waals surface area contributed by atoms with Crippen LogP contribution in [0.1, 0.15) is 24.2 Å². The molecule has 12 heteroatoms. The van der Waals surface area contributed by atoms with E-state index in [1.165, 1.54) is 13.8 Å². The molecule has 1 aromatic rings. The lowest BCUT2D eigenvalue weighted by molar-refractivity contribution is -0.394. The van der Waals surface area contributed by atoms with Crippen molar-refractivity contribution < 1.29 is 29.3 Å². The summed E-state index contributed by atoms with van der Waals surface area (Å²) in [5.74, 6) is -3.04. The molecule has 25 heavy (non-hydrogen) atoms. The number of nitrogens with zero attached hydrogens (tertiary/aromatic N) is 2. The number of nitro benzene ring substituents is 2. The number of carbonyl (C=O) groups excluding carboxylic acids is 2. The van der Waals surface area contributed by atoms with Gasteiger partial charge in [0.2, 0.25) is 5.91 Å². The Kier molecular flexibility index (Phi) is 6.08. The van der Waals surface area contributed by atoms with Gasteiger partial charge in [-0.15, -0.1) is 0 Å². The Hall–Kier alpha value is -3.57. The van der Waals surface area contributed by atoms with E-state index in [-0.39, 0.29) is 5.56 Å². The standard InChI is InChI=1S/C13H14N4O8/c1-6(11(18)15-7(2)13(20)21)14-12(19)8-3-9(16(22)23)5-10(4-8)17(24)25/h3-7H,1-2H3,(H,14,19)(H,15,18)(H,20,21)/t6-,7-/m1/s1. The van der Waals surface area contributed by atoms with E-state index in [2.05, 4.69) is 10.6 Å². The van der Waals surface area contributed by atoms with Crippen LogP contribution in [0.25, 0.3) is 0 Å². The maximum atomic E-state index is 12.1. The molecule has 2 atom stereocenters. The third kappa shape index (κ3) is 5.23. The molecule has 0 heterocycles. The minimum absolute atomic E-state index is 0.383. The molecule has 134 valence electrons. The number of aliphatic carboxylic acids is 1. The molecule has 0 bridgehead atoms. The van der Waals surface area contributed by atoms with Crippen LogP contribution in [0.2, 0.25) is 0 Å². The van der Waals surface area contributed by atoms with E-state index in [1.807, 2.05) is 0 Å². The summed E-state index contributed by atoms with van der Waals surface area (Å²) in [4.78, 5) is 54.3. The molecule has 0 saturated heterocycles. The maximum Gasteiger partial charge on any atom is 0.325 e. The summed E-state index contributed by atoms with van der Waals surface area (Å²) in [6.45, 7) is 2.48. The lowest BCUT2D eigenvalue weighted by atomic mass is 10.1. The Morgan fingerprint density at radius 2 is 1.44 bits per heavy atom. The first-order valence-corrected chi connectivity index (χ1v) is 6.80. The highest BCUT2D eigenvalue weighted by molar-refractivity contribution is 5.98. The number of hydrogen-bond acceptors (Lipinski definition) is 7. The number of hydrogen-bond donors (Lipinski definition) is 3. The lowest BCUT2D eigenvalue weighted by Gasteiger charge is -2.16. The molecule has 0 radical (unpaired) electrons. The highest BCUT2D eigenvalue weighted by atomic mass is 16.6. The Morgan fingerprint density at radius 3 is 1.84 bits per heavy atom. The number of amides is 2. The van der Waals surface area contributed by atoms with Gasteiger partial charge in [-0.2, -0.15) is 0 Å². The van der Waals surface area contributed by atoms with Gasteiger partial charge in [0.1, 0.15) is 12.1 Å². The molecule has 0 aliphatic heterocycles. The van der Waals surface area contributed by atoms with E-state index in [1.54, 1.807) is 0 Å². The van der Waals surface area contributed by atoms with Crippen LogP contribution >= 0.6 is 0 Å². The summed E-state index contributed by atoms with van der Waals surface area (Å²) >= 11 is 0. The highest BCUT2D eigenvalue weighted by Crippen LogP contribution is 2.22. The van der Waals surface area contributed by atoms with Crippen molar-refractivity contribution in [3.63, 3.8) is 0 Å². The first-order chi connectivity index (χ1) is 11.5. The van der Waals surface area contributed by atoms with E-state index >= 15 is 0 Å². The number of nitro groups is 2. The Labute approximate surface area is 140 Å². The third-order valence-electron chi connectivity index (χ3n) is 3.06. The van der Waals surface area contributed by atoms with Gasteiger partial charge in [-0.3, -0.25) is 34.6 Å². The molecule has 0 aliphatic rings. The number of rotatable bonds is 7. The maximum absolute atomic E-state index is 12.1. The van der Waals surface area contributed by atoms with Gasteiger partial charge in [0.05, 0.1) is 21.5 Å². The van der Waals surface area contributed by atoms with Crippen LogP contribution in [-0.4, -0.2) is 44.8 Å². The summed E-state index contributed by atoms with van der Waals surface area (Å²) in [6.07, 6.45) is 0. The first-order valence-electron chi connectivity index (χ1n) is 6.80. The monoisotopic (exact) mass is 354 g/mol. The molecule has 0 saturated carbocycles. The number of carbonyl (C=O) groups is 3. The first kappa shape index (κ1) is 19.5. The highest BCUT2D eigenvalue weighted by Gasteiger charge is 2.24. The Morgan fingerprint density at radius 1 is 0.960 bits per heavy atom. The van der Waals surface area contributed by atoms with Crippen molar-refractivity contribution in [1.29, 1.82) is 0 Å². The summed E-state index contributed by atoms with van der Waals surface area (Å²) in [6, 6.07) is -0.0143. The molecule has 12 nitrogen and oxygen atoms in total. The molecule has 0 fully saturated rings. The lowest BCUT2D eigenvalue weighted by Crippen LogP contribution is -2.49. The van der Waals surface area contributed by atoms with Gasteiger partial charge in [0.25, 0.3) is 17.3 Å². The van der Waals surface area contributed by atoms with E-state index in [0.717, 1.165) is 12.1 Å². The van der Waals surface area contributed by atoms with Crippen LogP contribution in [0.4, 0.5) is 11.4 Å². The molecular formula is C13H14N4O8. The van der Waals surface area contributed by atoms with Crippen LogP contribution in [0.15, 0.2) is 18.2 Å². The summed E-state index contributed by atoms with van der Waals surface area (Å²) in [5, 5.41) is 34.6. The number of benzene rings is 1. The largest absolute Gasteiger partial charge is 0.480 e. The molecule has 3 N–H and O–H groups in total. The molecule has 2 amide bonds. The normalized spacial score (nSPS) is 12.6. The van der Waals surface area contributed by atoms with Crippen LogP contribution in [-0.2, 0) is 9.59 Å². The van der Waals surface area contributed by atoms with Crippen molar-refractivity contribution in [3.8, 4) is 0 Å². The fourth-order valence-corrected chi connectivity index (χ4v) is 1.68. The minimum atomic E-state index is -1.28. The zero-order chi connectivity index (χ0) is 19.3. The van der Waals surface area contributed by atoms with E-state index < -0.39 is 51.1 Å². The fraction of sp³-hybridized carbons (Fsp3) is 0.308. The topological polar surface area (TPSA) is 182 Å². The summed E-state index contributed by atoms with van der Waals surface area (Å²) in [7, 11) is 0. The van der Waals surface area contributed by atoms with Gasteiger partial charge in [0, 0.05) is 12.1 Å². The van der Waals surface area contributed by atoms with Crippen molar-refractivity contribution in [1.82, 2.24) is 10.6 Å². The van der Waals surface area contributed by atoms with Crippen LogP contribution in [0, 0.1) is 20.2 Å². The second-order valence-electron chi connectivity index (χ2n) is 5.02.